The summed E-state index contributed by atoms with van der Waals surface area (Å²) in [6.07, 6.45) is 5.49. The van der Waals surface area contributed by atoms with E-state index in [1.807, 2.05) is 6.92 Å². The smallest absolute Gasteiger partial charge is 0.230 e. The minimum Gasteiger partial charge on any atom is -0.296 e. The zero-order valence-corrected chi connectivity index (χ0v) is 10.6. The zero-order valence-electron chi connectivity index (χ0n) is 10.6. The molecular formula is C13H23NO2. The normalized spacial score (nSPS) is 30.3. The lowest BCUT2D eigenvalue weighted by molar-refractivity contribution is -0.144. The van der Waals surface area contributed by atoms with E-state index >= 15 is 0 Å². The van der Waals surface area contributed by atoms with Gasteiger partial charge in [0, 0.05) is 12.3 Å². The molecule has 1 heterocycles. The van der Waals surface area contributed by atoms with Gasteiger partial charge in [0.15, 0.2) is 0 Å². The molecule has 0 saturated carbocycles. The van der Waals surface area contributed by atoms with Crippen LogP contribution < -0.4 is 5.32 Å². The van der Waals surface area contributed by atoms with Gasteiger partial charge in [0.1, 0.15) is 0 Å². The van der Waals surface area contributed by atoms with Crippen molar-refractivity contribution in [2.75, 3.05) is 0 Å². The number of nitrogens with one attached hydrogen (secondary N) is 1. The van der Waals surface area contributed by atoms with E-state index in [4.69, 9.17) is 0 Å². The molecule has 0 aromatic heterocycles. The Balaban J connectivity index is 2.90. The number of carbonyl (C=O) groups is 2. The van der Waals surface area contributed by atoms with Crippen molar-refractivity contribution in [3.8, 4) is 0 Å². The maximum Gasteiger partial charge on any atom is 0.230 e. The molecule has 2 unspecified atom stereocenters. The molecule has 0 aliphatic carbocycles. The molecule has 16 heavy (non-hydrogen) atoms. The fraction of sp³-hybridized carbons (Fsp3) is 0.846. The number of amides is 2. The number of rotatable bonds is 5. The Kier molecular flexibility index (Phi) is 4.51. The maximum atomic E-state index is 11.8. The molecule has 0 aromatic rings. The van der Waals surface area contributed by atoms with Gasteiger partial charge in [0.25, 0.3) is 0 Å². The predicted octanol–water partition coefficient (Wildman–Crippen LogP) is 2.65. The molecule has 0 aromatic carbocycles. The summed E-state index contributed by atoms with van der Waals surface area (Å²) in [5.41, 5.74) is -0.0792. The third kappa shape index (κ3) is 2.45. The standard InChI is InChI=1S/C13H23NO2/c1-4-7-8-13(6-3)9-11(15)14-12(16)10(13)5-2/h10H,4-9H2,1-3H3,(H,14,15,16). The molecule has 2 atom stereocenters. The van der Waals surface area contributed by atoms with Crippen LogP contribution >= 0.6 is 0 Å². The van der Waals surface area contributed by atoms with Gasteiger partial charge in [-0.2, -0.15) is 0 Å². The molecule has 3 nitrogen and oxygen atoms in total. The van der Waals surface area contributed by atoms with Gasteiger partial charge in [-0.15, -0.1) is 0 Å². The van der Waals surface area contributed by atoms with E-state index < -0.39 is 0 Å². The molecule has 0 radical (unpaired) electrons. The number of unbranched alkanes of at least 4 members (excludes halogenated alkanes) is 1. The van der Waals surface area contributed by atoms with Gasteiger partial charge in [-0.1, -0.05) is 33.6 Å². The first kappa shape index (κ1) is 13.2. The van der Waals surface area contributed by atoms with Gasteiger partial charge < -0.3 is 0 Å². The summed E-state index contributed by atoms with van der Waals surface area (Å²) in [6.45, 7) is 6.29. The van der Waals surface area contributed by atoms with Crippen molar-refractivity contribution in [1.29, 1.82) is 0 Å². The highest BCUT2D eigenvalue weighted by molar-refractivity contribution is 5.99. The number of imide groups is 1. The van der Waals surface area contributed by atoms with Crippen LogP contribution in [0, 0.1) is 11.3 Å². The van der Waals surface area contributed by atoms with Crippen LogP contribution in [-0.4, -0.2) is 11.8 Å². The van der Waals surface area contributed by atoms with Crippen LogP contribution in [0.3, 0.4) is 0 Å². The van der Waals surface area contributed by atoms with Gasteiger partial charge in [-0.25, -0.2) is 0 Å². The monoisotopic (exact) mass is 225 g/mol. The van der Waals surface area contributed by atoms with Crippen LogP contribution in [0.1, 0.15) is 59.3 Å². The Bertz CT molecular complexity index is 275. The van der Waals surface area contributed by atoms with Crippen molar-refractivity contribution < 1.29 is 9.59 Å². The Morgan fingerprint density at radius 3 is 2.50 bits per heavy atom. The van der Waals surface area contributed by atoms with E-state index in [2.05, 4.69) is 19.2 Å². The first-order valence-corrected chi connectivity index (χ1v) is 6.43. The van der Waals surface area contributed by atoms with Crippen LogP contribution in [-0.2, 0) is 9.59 Å². The molecule has 1 rings (SSSR count). The molecule has 1 aliphatic rings. The molecule has 0 spiro atoms. The van der Waals surface area contributed by atoms with Gasteiger partial charge in [0.05, 0.1) is 0 Å². The molecule has 2 amide bonds. The van der Waals surface area contributed by atoms with Crippen molar-refractivity contribution >= 4 is 11.8 Å². The Morgan fingerprint density at radius 2 is 2.00 bits per heavy atom. The van der Waals surface area contributed by atoms with Crippen LogP contribution in [0.4, 0.5) is 0 Å². The average Bonchev–Trinajstić information content (AvgIpc) is 2.25. The van der Waals surface area contributed by atoms with Crippen LogP contribution in [0.2, 0.25) is 0 Å². The second-order valence-corrected chi connectivity index (χ2v) is 4.87. The molecular weight excluding hydrogens is 202 g/mol. The van der Waals surface area contributed by atoms with Gasteiger partial charge in [-0.3, -0.25) is 14.9 Å². The lowest BCUT2D eigenvalue weighted by atomic mass is 9.64. The van der Waals surface area contributed by atoms with Crippen molar-refractivity contribution in [2.45, 2.75) is 59.3 Å². The third-order valence-corrected chi connectivity index (χ3v) is 3.97. The van der Waals surface area contributed by atoms with E-state index in [0.717, 1.165) is 32.1 Å². The highest BCUT2D eigenvalue weighted by atomic mass is 16.2. The van der Waals surface area contributed by atoms with E-state index in [-0.39, 0.29) is 23.1 Å². The first-order chi connectivity index (χ1) is 7.59. The third-order valence-electron chi connectivity index (χ3n) is 3.97. The predicted molar refractivity (Wildman–Crippen MR) is 63.8 cm³/mol. The minimum atomic E-state index is -0.0901. The molecule has 1 fully saturated rings. The Labute approximate surface area is 98.0 Å². The molecule has 1 aliphatic heterocycles. The number of hydrogen-bond acceptors (Lipinski definition) is 2. The minimum absolute atomic E-state index is 0.0155. The SMILES string of the molecule is CCCCC1(CC)CC(=O)NC(=O)C1CC. The van der Waals surface area contributed by atoms with Crippen LogP contribution in [0.5, 0.6) is 0 Å². The van der Waals surface area contributed by atoms with E-state index in [1.165, 1.54) is 0 Å². The molecule has 1 saturated heterocycles. The number of carbonyl (C=O) groups excluding carboxylic acids is 2. The van der Waals surface area contributed by atoms with Crippen LogP contribution in [0.25, 0.3) is 0 Å². The lowest BCUT2D eigenvalue weighted by Gasteiger charge is -2.42. The fourth-order valence-corrected chi connectivity index (χ4v) is 2.95. The summed E-state index contributed by atoms with van der Waals surface area (Å²) >= 11 is 0. The summed E-state index contributed by atoms with van der Waals surface area (Å²) in [5, 5.41) is 2.47. The molecule has 0 bridgehead atoms. The van der Waals surface area contributed by atoms with Crippen molar-refractivity contribution in [1.82, 2.24) is 5.32 Å². The number of hydrogen-bond donors (Lipinski definition) is 1. The fourth-order valence-electron chi connectivity index (χ4n) is 2.95. The molecule has 92 valence electrons. The molecule has 3 heteroatoms. The van der Waals surface area contributed by atoms with E-state index in [9.17, 15) is 9.59 Å². The van der Waals surface area contributed by atoms with Crippen molar-refractivity contribution in [2.24, 2.45) is 11.3 Å². The van der Waals surface area contributed by atoms with Crippen molar-refractivity contribution in [3.05, 3.63) is 0 Å². The topological polar surface area (TPSA) is 46.2 Å². The van der Waals surface area contributed by atoms with Gasteiger partial charge >= 0.3 is 0 Å². The zero-order chi connectivity index (χ0) is 12.2. The van der Waals surface area contributed by atoms with Gasteiger partial charge in [0.2, 0.25) is 11.8 Å². The van der Waals surface area contributed by atoms with E-state index in [1.54, 1.807) is 0 Å². The summed E-state index contributed by atoms with van der Waals surface area (Å²) in [7, 11) is 0. The quantitative estimate of drug-likeness (QED) is 0.731. The molecule has 1 N–H and O–H groups in total. The van der Waals surface area contributed by atoms with Crippen molar-refractivity contribution in [3.63, 3.8) is 0 Å². The average molecular weight is 225 g/mol. The lowest BCUT2D eigenvalue weighted by Crippen LogP contribution is -2.51. The Hall–Kier alpha value is -0.860. The summed E-state index contributed by atoms with van der Waals surface area (Å²) in [5.74, 6) is -0.133. The second kappa shape index (κ2) is 5.46. The second-order valence-electron chi connectivity index (χ2n) is 4.87. The highest BCUT2D eigenvalue weighted by Crippen LogP contribution is 2.44. The first-order valence-electron chi connectivity index (χ1n) is 6.43. The summed E-state index contributed by atoms with van der Waals surface area (Å²) in [6, 6.07) is 0. The highest BCUT2D eigenvalue weighted by Gasteiger charge is 2.45. The Morgan fingerprint density at radius 1 is 1.31 bits per heavy atom. The van der Waals surface area contributed by atoms with Gasteiger partial charge in [-0.05, 0) is 24.7 Å². The van der Waals surface area contributed by atoms with Crippen LogP contribution in [0.15, 0.2) is 0 Å². The number of piperidine rings is 1. The summed E-state index contributed by atoms with van der Waals surface area (Å²) < 4.78 is 0. The maximum absolute atomic E-state index is 11.8. The summed E-state index contributed by atoms with van der Waals surface area (Å²) in [4.78, 5) is 23.4. The van der Waals surface area contributed by atoms with E-state index in [0.29, 0.717) is 6.42 Å². The largest absolute Gasteiger partial charge is 0.296 e.